The highest BCUT2D eigenvalue weighted by atomic mass is 16.5. The number of benzene rings is 2. The van der Waals surface area contributed by atoms with Crippen LogP contribution in [0.4, 0.5) is 5.95 Å². The van der Waals surface area contributed by atoms with Crippen molar-refractivity contribution in [2.75, 3.05) is 44.8 Å². The van der Waals surface area contributed by atoms with Gasteiger partial charge in [-0.25, -0.2) is 4.98 Å². The number of carbonyl (C=O) groups is 1. The summed E-state index contributed by atoms with van der Waals surface area (Å²) in [5.74, 6) is 2.32. The minimum Gasteiger partial charge on any atom is -0.497 e. The van der Waals surface area contributed by atoms with E-state index < -0.39 is 0 Å². The summed E-state index contributed by atoms with van der Waals surface area (Å²) in [5, 5.41) is 0. The summed E-state index contributed by atoms with van der Waals surface area (Å²) in [6.45, 7) is 5.14. The fourth-order valence-corrected chi connectivity index (χ4v) is 3.70. The number of anilines is 1. The lowest BCUT2D eigenvalue weighted by Gasteiger charge is -2.35. The van der Waals surface area contributed by atoms with Gasteiger partial charge in [0.25, 0.3) is 5.91 Å². The number of carbonyl (C=O) groups excluding carboxylic acids is 1. The highest BCUT2D eigenvalue weighted by Crippen LogP contribution is 2.24. The maximum atomic E-state index is 13.0. The minimum atomic E-state index is 0.00911. The molecule has 1 aliphatic heterocycles. The normalized spacial score (nSPS) is 13.9. The van der Waals surface area contributed by atoms with E-state index in [2.05, 4.69) is 9.88 Å². The largest absolute Gasteiger partial charge is 0.497 e. The van der Waals surface area contributed by atoms with E-state index >= 15 is 0 Å². The van der Waals surface area contributed by atoms with Gasteiger partial charge in [0, 0.05) is 44.6 Å². The molecular formula is C23H26N4O3. The van der Waals surface area contributed by atoms with E-state index in [-0.39, 0.29) is 5.91 Å². The van der Waals surface area contributed by atoms with Crippen LogP contribution in [0, 0.1) is 0 Å². The maximum absolute atomic E-state index is 13.0. The van der Waals surface area contributed by atoms with E-state index in [1.807, 2.05) is 71.1 Å². The Kier molecular flexibility index (Phi) is 5.88. The van der Waals surface area contributed by atoms with E-state index in [1.54, 1.807) is 13.3 Å². The SMILES string of the molecule is CCOc1ccccc1C(=O)N1CCN(c2nccn2-c2cccc(OC)c2)CC1. The first-order valence-electron chi connectivity index (χ1n) is 10.1. The molecule has 2 heterocycles. The second-order valence-corrected chi connectivity index (χ2v) is 7.01. The Morgan fingerprint density at radius 2 is 1.87 bits per heavy atom. The van der Waals surface area contributed by atoms with Gasteiger partial charge >= 0.3 is 0 Å². The van der Waals surface area contributed by atoms with Crippen LogP contribution in [0.15, 0.2) is 60.9 Å². The number of hydrogen-bond acceptors (Lipinski definition) is 5. The van der Waals surface area contributed by atoms with Crippen LogP contribution in [0.2, 0.25) is 0 Å². The molecule has 1 aliphatic rings. The van der Waals surface area contributed by atoms with Crippen LogP contribution in [0.1, 0.15) is 17.3 Å². The highest BCUT2D eigenvalue weighted by Gasteiger charge is 2.26. The first kappa shape index (κ1) is 19.8. The van der Waals surface area contributed by atoms with Gasteiger partial charge in [-0.05, 0) is 31.2 Å². The number of ether oxygens (including phenoxy) is 2. The molecule has 0 atom stereocenters. The molecule has 4 rings (SSSR count). The van der Waals surface area contributed by atoms with Gasteiger partial charge in [-0.1, -0.05) is 18.2 Å². The quantitative estimate of drug-likeness (QED) is 0.629. The summed E-state index contributed by atoms with van der Waals surface area (Å²) in [5.41, 5.74) is 1.61. The molecule has 0 aliphatic carbocycles. The third kappa shape index (κ3) is 3.96. The molecule has 1 amide bonds. The molecule has 1 fully saturated rings. The average Bonchev–Trinajstić information content (AvgIpc) is 3.29. The maximum Gasteiger partial charge on any atom is 0.257 e. The predicted molar refractivity (Wildman–Crippen MR) is 116 cm³/mol. The predicted octanol–water partition coefficient (Wildman–Crippen LogP) is 3.24. The number of rotatable bonds is 6. The zero-order chi connectivity index (χ0) is 20.9. The van der Waals surface area contributed by atoms with Crippen LogP contribution in [-0.2, 0) is 0 Å². The van der Waals surface area contributed by atoms with E-state index in [0.29, 0.717) is 44.1 Å². The lowest BCUT2D eigenvalue weighted by Crippen LogP contribution is -2.49. The smallest absolute Gasteiger partial charge is 0.257 e. The molecule has 7 heteroatoms. The molecule has 2 aromatic carbocycles. The standard InChI is InChI=1S/C23H26N4O3/c1-3-30-21-10-5-4-9-20(21)22(28)25-13-15-26(16-14-25)23-24-11-12-27(23)18-7-6-8-19(17-18)29-2/h4-12,17H,3,13-16H2,1-2H3. The number of methoxy groups -OCH3 is 1. The minimum absolute atomic E-state index is 0.00911. The number of nitrogens with zero attached hydrogens (tertiary/aromatic N) is 4. The van der Waals surface area contributed by atoms with Crippen molar-refractivity contribution in [3.05, 3.63) is 66.5 Å². The average molecular weight is 406 g/mol. The Morgan fingerprint density at radius 1 is 1.07 bits per heavy atom. The van der Waals surface area contributed by atoms with Crippen LogP contribution in [-0.4, -0.2) is 60.3 Å². The molecule has 1 aromatic heterocycles. The van der Waals surface area contributed by atoms with Gasteiger partial charge in [0.15, 0.2) is 0 Å². The Hall–Kier alpha value is -3.48. The van der Waals surface area contributed by atoms with E-state index in [9.17, 15) is 4.79 Å². The molecule has 0 N–H and O–H groups in total. The topological polar surface area (TPSA) is 59.8 Å². The number of imidazole rings is 1. The van der Waals surface area contributed by atoms with Gasteiger partial charge < -0.3 is 19.3 Å². The molecule has 3 aromatic rings. The fourth-order valence-electron chi connectivity index (χ4n) is 3.70. The number of hydrogen-bond donors (Lipinski definition) is 0. The fraction of sp³-hybridized carbons (Fsp3) is 0.304. The molecule has 0 saturated carbocycles. The van der Waals surface area contributed by atoms with Crippen molar-refractivity contribution in [2.24, 2.45) is 0 Å². The third-order valence-electron chi connectivity index (χ3n) is 5.22. The molecule has 0 radical (unpaired) electrons. The number of para-hydroxylation sites is 1. The zero-order valence-electron chi connectivity index (χ0n) is 17.3. The van der Waals surface area contributed by atoms with E-state index in [0.717, 1.165) is 17.4 Å². The van der Waals surface area contributed by atoms with Crippen molar-refractivity contribution in [3.63, 3.8) is 0 Å². The van der Waals surface area contributed by atoms with E-state index in [1.165, 1.54) is 0 Å². The van der Waals surface area contributed by atoms with Crippen LogP contribution in [0.5, 0.6) is 11.5 Å². The second kappa shape index (κ2) is 8.90. The first-order chi connectivity index (χ1) is 14.7. The van der Waals surface area contributed by atoms with Crippen molar-refractivity contribution >= 4 is 11.9 Å². The van der Waals surface area contributed by atoms with Gasteiger partial charge in [0.05, 0.1) is 25.0 Å². The van der Waals surface area contributed by atoms with Crippen LogP contribution >= 0.6 is 0 Å². The molecule has 0 unspecified atom stereocenters. The summed E-state index contributed by atoms with van der Waals surface area (Å²) in [6.07, 6.45) is 3.74. The van der Waals surface area contributed by atoms with Gasteiger partial charge in [-0.3, -0.25) is 9.36 Å². The Labute approximate surface area is 176 Å². The number of piperazine rings is 1. The zero-order valence-corrected chi connectivity index (χ0v) is 17.3. The highest BCUT2D eigenvalue weighted by molar-refractivity contribution is 5.97. The van der Waals surface area contributed by atoms with Crippen molar-refractivity contribution in [1.82, 2.24) is 14.5 Å². The lowest BCUT2D eigenvalue weighted by molar-refractivity contribution is 0.0742. The molecule has 7 nitrogen and oxygen atoms in total. The Bertz CT molecular complexity index is 1010. The molecule has 0 spiro atoms. The lowest BCUT2D eigenvalue weighted by atomic mass is 10.1. The second-order valence-electron chi connectivity index (χ2n) is 7.01. The molecule has 1 saturated heterocycles. The summed E-state index contributed by atoms with van der Waals surface area (Å²) in [4.78, 5) is 21.7. The monoisotopic (exact) mass is 406 g/mol. The van der Waals surface area contributed by atoms with Crippen molar-refractivity contribution in [1.29, 1.82) is 0 Å². The summed E-state index contributed by atoms with van der Waals surface area (Å²) in [6, 6.07) is 15.3. The molecule has 30 heavy (non-hydrogen) atoms. The van der Waals surface area contributed by atoms with E-state index in [4.69, 9.17) is 9.47 Å². The molecule has 156 valence electrons. The number of aromatic nitrogens is 2. The van der Waals surface area contributed by atoms with Gasteiger partial charge in [0.2, 0.25) is 5.95 Å². The van der Waals surface area contributed by atoms with Gasteiger partial charge in [0.1, 0.15) is 11.5 Å². The first-order valence-corrected chi connectivity index (χ1v) is 10.1. The van der Waals surface area contributed by atoms with Crippen molar-refractivity contribution in [2.45, 2.75) is 6.92 Å². The van der Waals surface area contributed by atoms with Gasteiger partial charge in [-0.2, -0.15) is 0 Å². The van der Waals surface area contributed by atoms with Crippen LogP contribution in [0.25, 0.3) is 5.69 Å². The summed E-state index contributed by atoms with van der Waals surface area (Å²) in [7, 11) is 1.66. The van der Waals surface area contributed by atoms with Gasteiger partial charge in [-0.15, -0.1) is 0 Å². The van der Waals surface area contributed by atoms with Crippen LogP contribution < -0.4 is 14.4 Å². The summed E-state index contributed by atoms with van der Waals surface area (Å²) < 4.78 is 13.0. The van der Waals surface area contributed by atoms with Crippen molar-refractivity contribution < 1.29 is 14.3 Å². The Balaban J connectivity index is 1.47. The molecule has 0 bridgehead atoms. The Morgan fingerprint density at radius 3 is 2.63 bits per heavy atom. The summed E-state index contributed by atoms with van der Waals surface area (Å²) >= 11 is 0. The molecular weight excluding hydrogens is 380 g/mol. The van der Waals surface area contributed by atoms with Crippen LogP contribution in [0.3, 0.4) is 0 Å². The number of amides is 1. The third-order valence-corrected chi connectivity index (χ3v) is 5.22. The van der Waals surface area contributed by atoms with Crippen molar-refractivity contribution in [3.8, 4) is 17.2 Å².